The van der Waals surface area contributed by atoms with Gasteiger partial charge in [0.25, 0.3) is 0 Å². The van der Waals surface area contributed by atoms with E-state index in [2.05, 4.69) is 28.1 Å². The van der Waals surface area contributed by atoms with Crippen LogP contribution in [0.2, 0.25) is 0 Å². The molecule has 0 saturated heterocycles. The number of hydrogen-bond acceptors (Lipinski definition) is 3. The predicted octanol–water partition coefficient (Wildman–Crippen LogP) is 4.11. The van der Waals surface area contributed by atoms with Crippen LogP contribution in [0.25, 0.3) is 0 Å². The Labute approximate surface area is 122 Å². The van der Waals surface area contributed by atoms with E-state index in [4.69, 9.17) is 4.74 Å². The average molecular weight is 333 g/mol. The van der Waals surface area contributed by atoms with E-state index in [-0.39, 0.29) is 11.7 Å². The molecule has 1 aromatic rings. The number of aliphatic hydroxyl groups is 1. The SMILES string of the molecule is COC(C)(C)CCC(O)CSc1ccc(Br)cc1. The summed E-state index contributed by atoms with van der Waals surface area (Å²) in [7, 11) is 1.71. The number of rotatable bonds is 7. The highest BCUT2D eigenvalue weighted by Crippen LogP contribution is 2.23. The van der Waals surface area contributed by atoms with Gasteiger partial charge in [-0.3, -0.25) is 0 Å². The molecule has 0 spiro atoms. The van der Waals surface area contributed by atoms with Crippen molar-refractivity contribution >= 4 is 27.7 Å². The largest absolute Gasteiger partial charge is 0.392 e. The van der Waals surface area contributed by atoms with Crippen LogP contribution in [-0.4, -0.2) is 29.7 Å². The van der Waals surface area contributed by atoms with Crippen LogP contribution in [0.15, 0.2) is 33.6 Å². The maximum Gasteiger partial charge on any atom is 0.0635 e. The van der Waals surface area contributed by atoms with Gasteiger partial charge in [0.2, 0.25) is 0 Å². The zero-order valence-corrected chi connectivity index (χ0v) is 13.6. The Kier molecular flexibility index (Phi) is 6.71. The lowest BCUT2D eigenvalue weighted by molar-refractivity contribution is 0.00494. The lowest BCUT2D eigenvalue weighted by Gasteiger charge is -2.24. The number of ether oxygens (including phenoxy) is 1. The Morgan fingerprint density at radius 1 is 1.33 bits per heavy atom. The summed E-state index contributed by atoms with van der Waals surface area (Å²) in [5.74, 6) is 0.724. The molecule has 0 bridgehead atoms. The first-order valence-corrected chi connectivity index (χ1v) is 7.82. The van der Waals surface area contributed by atoms with Crippen LogP contribution >= 0.6 is 27.7 Å². The Hall–Kier alpha value is -0.0300. The Morgan fingerprint density at radius 2 is 1.94 bits per heavy atom. The van der Waals surface area contributed by atoms with Gasteiger partial charge < -0.3 is 9.84 Å². The number of benzene rings is 1. The maximum absolute atomic E-state index is 9.94. The fraction of sp³-hybridized carbons (Fsp3) is 0.571. The molecular formula is C14H21BrO2S. The average Bonchev–Trinajstić information content (AvgIpc) is 2.36. The molecule has 4 heteroatoms. The molecule has 0 aliphatic rings. The lowest BCUT2D eigenvalue weighted by atomic mass is 10.0. The van der Waals surface area contributed by atoms with Gasteiger partial charge >= 0.3 is 0 Å². The van der Waals surface area contributed by atoms with Crippen molar-refractivity contribution in [1.29, 1.82) is 0 Å². The molecule has 0 radical (unpaired) electrons. The van der Waals surface area contributed by atoms with Crippen molar-refractivity contribution in [3.8, 4) is 0 Å². The summed E-state index contributed by atoms with van der Waals surface area (Å²) < 4.78 is 6.42. The molecular weight excluding hydrogens is 312 g/mol. The number of aliphatic hydroxyl groups excluding tert-OH is 1. The smallest absolute Gasteiger partial charge is 0.0635 e. The third-order valence-electron chi connectivity index (χ3n) is 2.89. The van der Waals surface area contributed by atoms with E-state index in [1.807, 2.05) is 26.0 Å². The minimum atomic E-state index is -0.284. The molecule has 0 heterocycles. The Morgan fingerprint density at radius 3 is 2.50 bits per heavy atom. The first-order valence-electron chi connectivity index (χ1n) is 6.04. The van der Waals surface area contributed by atoms with Gasteiger partial charge in [-0.2, -0.15) is 0 Å². The third-order valence-corrected chi connectivity index (χ3v) is 4.57. The van der Waals surface area contributed by atoms with Crippen molar-refractivity contribution in [2.75, 3.05) is 12.9 Å². The molecule has 0 aliphatic carbocycles. The molecule has 0 saturated carbocycles. The van der Waals surface area contributed by atoms with Gasteiger partial charge in [0.05, 0.1) is 11.7 Å². The molecule has 0 fully saturated rings. The second kappa shape index (κ2) is 7.53. The summed E-state index contributed by atoms with van der Waals surface area (Å²) >= 11 is 5.09. The quantitative estimate of drug-likeness (QED) is 0.762. The molecule has 2 nitrogen and oxygen atoms in total. The zero-order chi connectivity index (χ0) is 13.6. The summed E-state index contributed by atoms with van der Waals surface area (Å²) in [6.07, 6.45) is 1.35. The third kappa shape index (κ3) is 6.23. The standard InChI is InChI=1S/C14H21BrO2S/c1-14(2,17-3)9-8-12(16)10-18-13-6-4-11(15)5-7-13/h4-7,12,16H,8-10H2,1-3H3. The summed E-state index contributed by atoms with van der Waals surface area (Å²) in [6, 6.07) is 8.15. The van der Waals surface area contributed by atoms with E-state index in [9.17, 15) is 5.11 Å². The summed E-state index contributed by atoms with van der Waals surface area (Å²) in [6.45, 7) is 4.09. The van der Waals surface area contributed by atoms with Crippen LogP contribution in [0.1, 0.15) is 26.7 Å². The highest BCUT2D eigenvalue weighted by atomic mass is 79.9. The molecule has 1 aromatic carbocycles. The topological polar surface area (TPSA) is 29.5 Å². The minimum Gasteiger partial charge on any atom is -0.392 e. The van der Waals surface area contributed by atoms with Crippen LogP contribution in [-0.2, 0) is 4.74 Å². The Bertz CT molecular complexity index is 351. The van der Waals surface area contributed by atoms with Crippen molar-refractivity contribution in [3.63, 3.8) is 0 Å². The van der Waals surface area contributed by atoms with Gasteiger partial charge in [0.1, 0.15) is 0 Å². The summed E-state index contributed by atoms with van der Waals surface area (Å²) in [5.41, 5.74) is -0.150. The van der Waals surface area contributed by atoms with Crippen molar-refractivity contribution in [2.45, 2.75) is 43.3 Å². The van der Waals surface area contributed by atoms with Crippen LogP contribution in [0.5, 0.6) is 0 Å². The summed E-state index contributed by atoms with van der Waals surface area (Å²) in [4.78, 5) is 1.18. The van der Waals surface area contributed by atoms with Crippen molar-refractivity contribution < 1.29 is 9.84 Å². The molecule has 0 aliphatic heterocycles. The van der Waals surface area contributed by atoms with E-state index in [0.29, 0.717) is 0 Å². The molecule has 1 atom stereocenters. The van der Waals surface area contributed by atoms with E-state index in [1.54, 1.807) is 18.9 Å². The Balaban J connectivity index is 2.29. The maximum atomic E-state index is 9.94. The van der Waals surface area contributed by atoms with Gasteiger partial charge in [-0.15, -0.1) is 11.8 Å². The molecule has 1 N–H and O–H groups in total. The number of hydrogen-bond donors (Lipinski definition) is 1. The van der Waals surface area contributed by atoms with E-state index in [0.717, 1.165) is 23.1 Å². The number of thioether (sulfide) groups is 1. The molecule has 0 aromatic heterocycles. The van der Waals surface area contributed by atoms with Crippen LogP contribution in [0.3, 0.4) is 0 Å². The van der Waals surface area contributed by atoms with Crippen LogP contribution < -0.4 is 0 Å². The second-order valence-electron chi connectivity index (χ2n) is 4.92. The molecule has 1 unspecified atom stereocenters. The summed E-state index contributed by atoms with van der Waals surface area (Å²) in [5, 5.41) is 9.94. The first kappa shape index (κ1) is 16.0. The second-order valence-corrected chi connectivity index (χ2v) is 6.93. The van der Waals surface area contributed by atoms with Crippen molar-refractivity contribution in [2.24, 2.45) is 0 Å². The van der Waals surface area contributed by atoms with E-state index in [1.165, 1.54) is 4.90 Å². The molecule has 102 valence electrons. The monoisotopic (exact) mass is 332 g/mol. The van der Waals surface area contributed by atoms with Gasteiger partial charge in [0, 0.05) is 22.2 Å². The van der Waals surface area contributed by atoms with E-state index >= 15 is 0 Å². The lowest BCUT2D eigenvalue weighted by Crippen LogP contribution is -2.25. The van der Waals surface area contributed by atoms with Crippen molar-refractivity contribution in [3.05, 3.63) is 28.7 Å². The normalized spacial score (nSPS) is 13.6. The van der Waals surface area contributed by atoms with Crippen molar-refractivity contribution in [1.82, 2.24) is 0 Å². The molecule has 1 rings (SSSR count). The number of halogens is 1. The van der Waals surface area contributed by atoms with Crippen LogP contribution in [0, 0.1) is 0 Å². The molecule has 0 amide bonds. The zero-order valence-electron chi connectivity index (χ0n) is 11.1. The highest BCUT2D eigenvalue weighted by molar-refractivity contribution is 9.10. The highest BCUT2D eigenvalue weighted by Gasteiger charge is 2.18. The minimum absolute atomic E-state index is 0.150. The van der Waals surface area contributed by atoms with Gasteiger partial charge in [0.15, 0.2) is 0 Å². The van der Waals surface area contributed by atoms with Crippen LogP contribution in [0.4, 0.5) is 0 Å². The predicted molar refractivity (Wildman–Crippen MR) is 81.2 cm³/mol. The fourth-order valence-corrected chi connectivity index (χ4v) is 2.57. The van der Waals surface area contributed by atoms with Gasteiger partial charge in [-0.25, -0.2) is 0 Å². The number of methoxy groups -OCH3 is 1. The fourth-order valence-electron chi connectivity index (χ4n) is 1.42. The molecule has 18 heavy (non-hydrogen) atoms. The van der Waals surface area contributed by atoms with Gasteiger partial charge in [-0.1, -0.05) is 15.9 Å². The van der Waals surface area contributed by atoms with E-state index < -0.39 is 0 Å². The van der Waals surface area contributed by atoms with Gasteiger partial charge in [-0.05, 0) is 51.0 Å². The first-order chi connectivity index (χ1) is 8.43.